The fraction of sp³-hybridized carbons (Fsp3) is 0.136. The zero-order valence-electron chi connectivity index (χ0n) is 17.0. The Morgan fingerprint density at radius 2 is 1.93 bits per heavy atom. The minimum absolute atomic E-state index is 0.389. The van der Waals surface area contributed by atoms with Crippen molar-refractivity contribution in [3.05, 3.63) is 84.0 Å². The molecule has 0 saturated carbocycles. The van der Waals surface area contributed by atoms with Crippen LogP contribution in [-0.4, -0.2) is 31.2 Å². The highest BCUT2D eigenvalue weighted by Crippen LogP contribution is 2.35. The second kappa shape index (κ2) is 9.42. The van der Waals surface area contributed by atoms with Crippen LogP contribution in [-0.2, 0) is 4.84 Å². The van der Waals surface area contributed by atoms with Crippen molar-refractivity contribution in [2.45, 2.75) is 0 Å². The summed E-state index contributed by atoms with van der Waals surface area (Å²) < 4.78 is 5.56. The number of benzene rings is 2. The lowest BCUT2D eigenvalue weighted by atomic mass is 10.0. The van der Waals surface area contributed by atoms with Gasteiger partial charge in [0.25, 0.3) is 4.92 Å². The molecule has 0 N–H and O–H groups in total. The van der Waals surface area contributed by atoms with Crippen molar-refractivity contribution in [2.24, 2.45) is 10.3 Å². The fourth-order valence-electron chi connectivity index (χ4n) is 2.77. The molecule has 2 aromatic carbocycles. The maximum Gasteiger partial charge on any atom is 0.317 e. The largest absolute Gasteiger partial charge is 0.496 e. The van der Waals surface area contributed by atoms with Gasteiger partial charge in [-0.15, -0.1) is 5.11 Å². The molecule has 30 heavy (non-hydrogen) atoms. The summed E-state index contributed by atoms with van der Waals surface area (Å²) in [7, 11) is 4.69. The van der Waals surface area contributed by atoms with Crippen LogP contribution in [0.5, 0.6) is 5.75 Å². The first kappa shape index (κ1) is 20.7. The van der Waals surface area contributed by atoms with Crippen molar-refractivity contribution in [1.82, 2.24) is 4.98 Å². The Bertz CT molecular complexity index is 1080. The monoisotopic (exact) mass is 404 g/mol. The summed E-state index contributed by atoms with van der Waals surface area (Å²) >= 11 is 0. The Morgan fingerprint density at radius 3 is 2.63 bits per heavy atom. The molecule has 1 heterocycles. The standard InChI is InChI=1S/C22H22N5O3/c1-16(21-10-5-6-13-23-21)24-25-26(2)18-11-12-20(22(15-18)29-3)17-8-7-9-19(14-17)27(28)30-4/h5-15H,1H2,2-4H3/q+1. The van der Waals surface area contributed by atoms with Crippen LogP contribution in [0.2, 0.25) is 0 Å². The van der Waals surface area contributed by atoms with Gasteiger partial charge in [-0.1, -0.05) is 30.0 Å². The molecule has 3 rings (SSSR count). The molecular formula is C22H22N5O3+. The summed E-state index contributed by atoms with van der Waals surface area (Å²) in [6.07, 6.45) is 1.68. The lowest BCUT2D eigenvalue weighted by molar-refractivity contribution is -0.736. The van der Waals surface area contributed by atoms with E-state index in [1.165, 1.54) is 7.11 Å². The highest BCUT2D eigenvalue weighted by Gasteiger charge is 2.17. The maximum absolute atomic E-state index is 11.7. The zero-order chi connectivity index (χ0) is 21.5. The molecule has 0 aliphatic rings. The Balaban J connectivity index is 1.84. The van der Waals surface area contributed by atoms with Crippen molar-refractivity contribution < 1.29 is 14.5 Å². The minimum Gasteiger partial charge on any atom is -0.496 e. The average molecular weight is 404 g/mol. The van der Waals surface area contributed by atoms with E-state index in [1.807, 2.05) is 42.5 Å². The molecular weight excluding hydrogens is 382 g/mol. The topological polar surface area (TPSA) is 79.4 Å². The van der Waals surface area contributed by atoms with Crippen LogP contribution in [0.3, 0.4) is 0 Å². The number of pyridine rings is 1. The van der Waals surface area contributed by atoms with E-state index in [4.69, 9.17) is 9.57 Å². The van der Waals surface area contributed by atoms with E-state index in [2.05, 4.69) is 21.9 Å². The molecule has 0 saturated heterocycles. The van der Waals surface area contributed by atoms with E-state index in [1.54, 1.807) is 43.6 Å². The summed E-state index contributed by atoms with van der Waals surface area (Å²) in [5.74, 6) is 0.630. The summed E-state index contributed by atoms with van der Waals surface area (Å²) in [5, 5.41) is 9.95. The van der Waals surface area contributed by atoms with Crippen LogP contribution < -0.4 is 9.75 Å². The van der Waals surface area contributed by atoms with Crippen molar-refractivity contribution >= 4 is 17.1 Å². The van der Waals surface area contributed by atoms with Crippen LogP contribution in [0, 0.1) is 4.91 Å². The molecule has 0 fully saturated rings. The first-order chi connectivity index (χ1) is 14.5. The van der Waals surface area contributed by atoms with Gasteiger partial charge >= 0.3 is 5.69 Å². The molecule has 0 unspecified atom stereocenters. The minimum atomic E-state index is 0.389. The number of methoxy groups -OCH3 is 1. The SMILES string of the molecule is C=C(N=NN(C)c1ccc(-c2cccc([N+](=O)OC)c2)c(OC)c1)c1ccccn1. The third-order valence-electron chi connectivity index (χ3n) is 4.35. The van der Waals surface area contributed by atoms with Crippen LogP contribution in [0.4, 0.5) is 11.4 Å². The van der Waals surface area contributed by atoms with Gasteiger partial charge in [-0.25, -0.2) is 9.85 Å². The molecule has 152 valence electrons. The number of aromatic nitrogens is 1. The second-order valence-corrected chi connectivity index (χ2v) is 6.25. The van der Waals surface area contributed by atoms with Gasteiger partial charge in [-0.05, 0) is 29.8 Å². The van der Waals surface area contributed by atoms with Gasteiger partial charge in [0.2, 0.25) is 0 Å². The van der Waals surface area contributed by atoms with Crippen molar-refractivity contribution in [1.29, 1.82) is 0 Å². The highest BCUT2D eigenvalue weighted by molar-refractivity contribution is 5.75. The van der Waals surface area contributed by atoms with E-state index in [-0.39, 0.29) is 0 Å². The van der Waals surface area contributed by atoms with Gasteiger partial charge in [-0.3, -0.25) is 4.98 Å². The Hall–Kier alpha value is -4.07. The van der Waals surface area contributed by atoms with Crippen LogP contribution in [0.25, 0.3) is 16.8 Å². The molecule has 0 aliphatic carbocycles. The second-order valence-electron chi connectivity index (χ2n) is 6.25. The molecule has 8 nitrogen and oxygen atoms in total. The van der Waals surface area contributed by atoms with E-state index in [9.17, 15) is 4.91 Å². The number of anilines is 1. The number of hydrogen-bond acceptors (Lipinski definition) is 6. The average Bonchev–Trinajstić information content (AvgIpc) is 2.81. The molecule has 0 atom stereocenters. The predicted octanol–water partition coefficient (Wildman–Crippen LogP) is 5.20. The van der Waals surface area contributed by atoms with E-state index in [0.717, 1.165) is 16.8 Å². The first-order valence-corrected chi connectivity index (χ1v) is 9.09. The summed E-state index contributed by atoms with van der Waals surface area (Å²) in [5.41, 5.74) is 3.93. The van der Waals surface area contributed by atoms with E-state index in [0.29, 0.717) is 27.8 Å². The molecule has 3 aromatic rings. The van der Waals surface area contributed by atoms with Gasteiger partial charge in [0.1, 0.15) is 11.4 Å². The lowest BCUT2D eigenvalue weighted by Gasteiger charge is -2.15. The van der Waals surface area contributed by atoms with Gasteiger partial charge in [0, 0.05) is 37.0 Å². The zero-order valence-corrected chi connectivity index (χ0v) is 17.0. The molecule has 8 heteroatoms. The molecule has 1 aromatic heterocycles. The van der Waals surface area contributed by atoms with Gasteiger partial charge in [0.15, 0.2) is 7.11 Å². The van der Waals surface area contributed by atoms with Crippen molar-refractivity contribution in [3.63, 3.8) is 0 Å². The number of nitrogens with zero attached hydrogens (tertiary/aromatic N) is 5. The summed E-state index contributed by atoms with van der Waals surface area (Å²) in [6.45, 7) is 3.89. The van der Waals surface area contributed by atoms with Crippen LogP contribution >= 0.6 is 0 Å². The lowest BCUT2D eigenvalue weighted by Crippen LogP contribution is -2.07. The molecule has 0 bridgehead atoms. The number of hydrogen-bond donors (Lipinski definition) is 0. The molecule has 0 radical (unpaired) electrons. The fourth-order valence-corrected chi connectivity index (χ4v) is 2.77. The number of rotatable bonds is 8. The first-order valence-electron chi connectivity index (χ1n) is 9.09. The molecule has 0 aliphatic heterocycles. The summed E-state index contributed by atoms with van der Waals surface area (Å²) in [4.78, 5) is 21.1. The van der Waals surface area contributed by atoms with Crippen LogP contribution in [0.15, 0.2) is 83.8 Å². The van der Waals surface area contributed by atoms with Gasteiger partial charge in [-0.2, -0.15) is 0 Å². The number of ether oxygens (including phenoxy) is 1. The molecule has 0 amide bonds. The maximum atomic E-state index is 11.7. The van der Waals surface area contributed by atoms with Crippen molar-refractivity contribution in [3.8, 4) is 16.9 Å². The van der Waals surface area contributed by atoms with Crippen molar-refractivity contribution in [2.75, 3.05) is 26.3 Å². The third kappa shape index (κ3) is 4.67. The van der Waals surface area contributed by atoms with Gasteiger partial charge < -0.3 is 4.74 Å². The third-order valence-corrected chi connectivity index (χ3v) is 4.35. The Morgan fingerprint density at radius 1 is 1.10 bits per heavy atom. The quantitative estimate of drug-likeness (QED) is 0.381. The van der Waals surface area contributed by atoms with E-state index >= 15 is 0 Å². The predicted molar refractivity (Wildman–Crippen MR) is 115 cm³/mol. The summed E-state index contributed by atoms with van der Waals surface area (Å²) in [6, 6.07) is 18.2. The van der Waals surface area contributed by atoms with Gasteiger partial charge in [0.05, 0.1) is 23.4 Å². The normalized spacial score (nSPS) is 10.6. The Labute approximate surface area is 174 Å². The van der Waals surface area contributed by atoms with Crippen LogP contribution in [0.1, 0.15) is 5.69 Å². The van der Waals surface area contributed by atoms with E-state index < -0.39 is 0 Å². The molecule has 0 spiro atoms. The Kier molecular flexibility index (Phi) is 6.49. The smallest absolute Gasteiger partial charge is 0.317 e. The highest BCUT2D eigenvalue weighted by atomic mass is 16.8.